The molecule has 4 heterocycles. The van der Waals surface area contributed by atoms with Crippen LogP contribution >= 0.6 is 11.3 Å². The van der Waals surface area contributed by atoms with Crippen LogP contribution in [0.3, 0.4) is 0 Å². The molecule has 2 aliphatic rings. The van der Waals surface area contributed by atoms with E-state index < -0.39 is 0 Å². The smallest absolute Gasteiger partial charge is 0.321 e. The topological polar surface area (TPSA) is 74.2 Å². The minimum absolute atomic E-state index is 0.0623. The number of nitrogens with one attached hydrogen (secondary N) is 1. The standard InChI is InChI=1S/C20H22N6OS/c1-12-23-24-19(28-12)13-3-4-14-9-21-18(8-15(14)7-13)22-20(27)26-10-16-5-6-17(11-26)25(16)2/h3-4,7-9,16-17H,5-6,10-11H2,1-2H3,(H,21,22,27). The molecule has 2 aliphatic heterocycles. The van der Waals surface area contributed by atoms with Crippen LogP contribution in [0.5, 0.6) is 0 Å². The summed E-state index contributed by atoms with van der Waals surface area (Å²) in [6.07, 6.45) is 4.15. The molecule has 2 amide bonds. The van der Waals surface area contributed by atoms with E-state index in [1.165, 1.54) is 12.8 Å². The average Bonchev–Trinajstić information content (AvgIpc) is 3.19. The van der Waals surface area contributed by atoms with Gasteiger partial charge in [0.05, 0.1) is 0 Å². The van der Waals surface area contributed by atoms with Gasteiger partial charge in [0.15, 0.2) is 0 Å². The zero-order valence-corrected chi connectivity index (χ0v) is 16.7. The van der Waals surface area contributed by atoms with Gasteiger partial charge in [0.2, 0.25) is 0 Å². The fraction of sp³-hybridized carbons (Fsp3) is 0.400. The number of benzene rings is 1. The Morgan fingerprint density at radius 3 is 2.64 bits per heavy atom. The number of rotatable bonds is 2. The molecule has 8 heteroatoms. The fourth-order valence-corrected chi connectivity index (χ4v) is 4.91. The third-order valence-electron chi connectivity index (χ3n) is 5.86. The molecule has 0 radical (unpaired) electrons. The van der Waals surface area contributed by atoms with Gasteiger partial charge in [0, 0.05) is 42.3 Å². The lowest BCUT2D eigenvalue weighted by atomic mass is 10.1. The summed E-state index contributed by atoms with van der Waals surface area (Å²) in [6, 6.07) is 8.95. The monoisotopic (exact) mass is 394 g/mol. The summed E-state index contributed by atoms with van der Waals surface area (Å²) < 4.78 is 0. The highest BCUT2D eigenvalue weighted by atomic mass is 32.1. The number of carbonyl (C=O) groups is 1. The lowest BCUT2D eigenvalue weighted by Gasteiger charge is -2.38. The lowest BCUT2D eigenvalue weighted by Crippen LogP contribution is -2.54. The van der Waals surface area contributed by atoms with Crippen LogP contribution in [0.15, 0.2) is 30.5 Å². The predicted octanol–water partition coefficient (Wildman–Crippen LogP) is 3.37. The quantitative estimate of drug-likeness (QED) is 0.721. The van der Waals surface area contributed by atoms with Crippen LogP contribution in [0.4, 0.5) is 10.6 Å². The van der Waals surface area contributed by atoms with Crippen LogP contribution in [0, 0.1) is 6.92 Å². The van der Waals surface area contributed by atoms with Crippen LogP contribution in [0.1, 0.15) is 17.8 Å². The summed E-state index contributed by atoms with van der Waals surface area (Å²) >= 11 is 1.57. The van der Waals surface area contributed by atoms with Crippen molar-refractivity contribution in [2.45, 2.75) is 31.8 Å². The Balaban J connectivity index is 1.36. The van der Waals surface area contributed by atoms with Gasteiger partial charge in [-0.3, -0.25) is 10.2 Å². The number of fused-ring (bicyclic) bond motifs is 3. The molecule has 7 nitrogen and oxygen atoms in total. The largest absolute Gasteiger partial charge is 0.323 e. The van der Waals surface area contributed by atoms with Gasteiger partial charge in [-0.05, 0) is 44.3 Å². The van der Waals surface area contributed by atoms with Crippen molar-refractivity contribution < 1.29 is 4.79 Å². The number of pyridine rings is 1. The van der Waals surface area contributed by atoms with Crippen LogP contribution in [0.2, 0.25) is 0 Å². The molecular formula is C20H22N6OS. The van der Waals surface area contributed by atoms with Crippen LogP contribution < -0.4 is 5.32 Å². The van der Waals surface area contributed by atoms with Crippen molar-refractivity contribution in [1.82, 2.24) is 25.0 Å². The van der Waals surface area contributed by atoms with Crippen molar-refractivity contribution in [2.24, 2.45) is 0 Å². The van der Waals surface area contributed by atoms with Gasteiger partial charge in [-0.15, -0.1) is 10.2 Å². The number of amides is 2. The summed E-state index contributed by atoms with van der Waals surface area (Å²) in [7, 11) is 2.17. The molecule has 3 aromatic rings. The highest BCUT2D eigenvalue weighted by molar-refractivity contribution is 7.14. The van der Waals surface area contributed by atoms with Crippen molar-refractivity contribution in [3.8, 4) is 10.6 Å². The van der Waals surface area contributed by atoms with E-state index in [1.54, 1.807) is 17.5 Å². The first-order valence-electron chi connectivity index (χ1n) is 9.55. The Labute approximate surface area is 167 Å². The fourth-order valence-electron chi connectivity index (χ4n) is 4.22. The Morgan fingerprint density at radius 2 is 1.93 bits per heavy atom. The highest BCUT2D eigenvalue weighted by Gasteiger charge is 2.39. The van der Waals surface area contributed by atoms with E-state index in [1.807, 2.05) is 30.0 Å². The number of nitrogens with zero attached hydrogens (tertiary/aromatic N) is 5. The summed E-state index contributed by atoms with van der Waals surface area (Å²) in [5.41, 5.74) is 1.03. The number of piperazine rings is 1. The first-order chi connectivity index (χ1) is 13.6. The molecular weight excluding hydrogens is 372 g/mol. The summed E-state index contributed by atoms with van der Waals surface area (Å²) in [6.45, 7) is 3.52. The van der Waals surface area contributed by atoms with E-state index in [4.69, 9.17) is 0 Å². The lowest BCUT2D eigenvalue weighted by molar-refractivity contribution is 0.110. The molecule has 28 heavy (non-hydrogen) atoms. The molecule has 2 atom stereocenters. The average molecular weight is 395 g/mol. The van der Waals surface area contributed by atoms with E-state index in [0.717, 1.165) is 39.4 Å². The van der Waals surface area contributed by atoms with Crippen molar-refractivity contribution in [2.75, 3.05) is 25.5 Å². The van der Waals surface area contributed by atoms with Gasteiger partial charge in [-0.2, -0.15) is 0 Å². The molecule has 2 aromatic heterocycles. The minimum Gasteiger partial charge on any atom is -0.321 e. The van der Waals surface area contributed by atoms with E-state index in [-0.39, 0.29) is 6.03 Å². The number of likely N-dealkylation sites (tertiary alicyclic amines) is 1. The minimum atomic E-state index is -0.0623. The molecule has 2 unspecified atom stereocenters. The van der Waals surface area contributed by atoms with E-state index in [2.05, 4.69) is 38.5 Å². The maximum absolute atomic E-state index is 12.8. The maximum Gasteiger partial charge on any atom is 0.323 e. The van der Waals surface area contributed by atoms with Gasteiger partial charge < -0.3 is 4.90 Å². The van der Waals surface area contributed by atoms with Gasteiger partial charge in [-0.1, -0.05) is 23.5 Å². The normalized spacial score (nSPS) is 22.0. The third kappa shape index (κ3) is 3.12. The van der Waals surface area contributed by atoms with Gasteiger partial charge in [-0.25, -0.2) is 9.78 Å². The summed E-state index contributed by atoms with van der Waals surface area (Å²) in [5.74, 6) is 0.578. The maximum atomic E-state index is 12.8. The zero-order chi connectivity index (χ0) is 19.3. The molecule has 0 spiro atoms. The number of hydrogen-bond acceptors (Lipinski definition) is 6. The molecule has 0 saturated carbocycles. The van der Waals surface area contributed by atoms with Gasteiger partial charge >= 0.3 is 6.03 Å². The van der Waals surface area contributed by atoms with E-state index in [9.17, 15) is 4.79 Å². The molecule has 2 saturated heterocycles. The van der Waals surface area contributed by atoms with Gasteiger partial charge in [0.25, 0.3) is 0 Å². The Hall–Kier alpha value is -2.58. The number of aryl methyl sites for hydroxylation is 1. The Morgan fingerprint density at radius 1 is 1.14 bits per heavy atom. The van der Waals surface area contributed by atoms with E-state index >= 15 is 0 Å². The van der Waals surface area contributed by atoms with Crippen molar-refractivity contribution in [3.05, 3.63) is 35.5 Å². The molecule has 1 aromatic carbocycles. The van der Waals surface area contributed by atoms with Crippen molar-refractivity contribution >= 4 is 34.0 Å². The summed E-state index contributed by atoms with van der Waals surface area (Å²) in [5, 5.41) is 15.2. The van der Waals surface area contributed by atoms with Gasteiger partial charge in [0.1, 0.15) is 15.8 Å². The molecule has 5 rings (SSSR count). The molecule has 0 aliphatic carbocycles. The number of carbonyl (C=O) groups excluding carboxylic acids is 1. The number of hydrogen-bond donors (Lipinski definition) is 1. The number of anilines is 1. The predicted molar refractivity (Wildman–Crippen MR) is 111 cm³/mol. The first-order valence-corrected chi connectivity index (χ1v) is 10.4. The molecule has 1 N–H and O–H groups in total. The Kier molecular flexibility index (Phi) is 4.25. The van der Waals surface area contributed by atoms with Crippen molar-refractivity contribution in [3.63, 3.8) is 0 Å². The van der Waals surface area contributed by atoms with Crippen LogP contribution in [-0.2, 0) is 0 Å². The second-order valence-electron chi connectivity index (χ2n) is 7.64. The van der Waals surface area contributed by atoms with Crippen molar-refractivity contribution in [1.29, 1.82) is 0 Å². The van der Waals surface area contributed by atoms with Crippen LogP contribution in [-0.4, -0.2) is 63.2 Å². The third-order valence-corrected chi connectivity index (χ3v) is 6.75. The first kappa shape index (κ1) is 17.5. The Bertz CT molecular complexity index is 1040. The molecule has 144 valence electrons. The number of urea groups is 1. The van der Waals surface area contributed by atoms with Crippen LogP contribution in [0.25, 0.3) is 21.3 Å². The summed E-state index contributed by atoms with van der Waals surface area (Å²) in [4.78, 5) is 21.5. The zero-order valence-electron chi connectivity index (χ0n) is 15.9. The van der Waals surface area contributed by atoms with E-state index in [0.29, 0.717) is 17.9 Å². The second kappa shape index (κ2) is 6.79. The number of likely N-dealkylation sites (N-methyl/N-ethyl adjacent to an activating group) is 1. The molecule has 2 bridgehead atoms. The SMILES string of the molecule is Cc1nnc(-c2ccc3cnc(NC(=O)N4CC5CCC(C4)N5C)cc3c2)s1. The molecule has 2 fully saturated rings. The second-order valence-corrected chi connectivity index (χ2v) is 8.82. The highest BCUT2D eigenvalue weighted by Crippen LogP contribution is 2.29. The number of aromatic nitrogens is 3.